The molecule has 1 aromatic rings. The molecule has 5 heteroatoms. The number of nitrogens with one attached hydrogen (secondary N) is 2. The minimum Gasteiger partial charge on any atom is -0.325 e. The zero-order valence-electron chi connectivity index (χ0n) is 13.2. The summed E-state index contributed by atoms with van der Waals surface area (Å²) >= 11 is 0. The van der Waals surface area contributed by atoms with Crippen molar-refractivity contribution in [3.8, 4) is 0 Å². The van der Waals surface area contributed by atoms with E-state index in [1.165, 1.54) is 24.0 Å². The van der Waals surface area contributed by atoms with Crippen molar-refractivity contribution in [2.45, 2.75) is 52.4 Å². The number of hydrogen-bond acceptors (Lipinski definition) is 3. The van der Waals surface area contributed by atoms with Crippen LogP contribution in [-0.2, 0) is 22.4 Å². The zero-order chi connectivity index (χ0) is 15.9. The number of aryl methyl sites for hydroxylation is 1. The normalized spacial score (nSPS) is 14.2. The van der Waals surface area contributed by atoms with Crippen LogP contribution in [0.1, 0.15) is 50.7 Å². The summed E-state index contributed by atoms with van der Waals surface area (Å²) in [7, 11) is 0. The van der Waals surface area contributed by atoms with E-state index in [9.17, 15) is 9.59 Å². The van der Waals surface area contributed by atoms with Crippen molar-refractivity contribution in [1.82, 2.24) is 5.43 Å². The molecule has 5 nitrogen and oxygen atoms in total. The standard InChI is InChI=1S/C17H23N3O2/c1-3-16(21)20-19-12(2)11-17(22)18-15-10-6-8-13-7-4-5-9-14(13)15/h6,8,10H,3-5,7,9,11H2,1-2H3,(H,18,22)(H,20,21)/b19-12+. The van der Waals surface area contributed by atoms with Gasteiger partial charge in [0, 0.05) is 17.8 Å². The molecule has 0 aromatic heterocycles. The summed E-state index contributed by atoms with van der Waals surface area (Å²) in [4.78, 5) is 23.3. The number of fused-ring (bicyclic) bond motifs is 1. The molecule has 0 saturated heterocycles. The number of carbonyl (C=O) groups is 2. The fourth-order valence-electron chi connectivity index (χ4n) is 2.60. The predicted molar refractivity (Wildman–Crippen MR) is 87.9 cm³/mol. The average molecular weight is 301 g/mol. The van der Waals surface area contributed by atoms with E-state index in [0.717, 1.165) is 18.5 Å². The summed E-state index contributed by atoms with van der Waals surface area (Å²) in [5, 5.41) is 6.89. The van der Waals surface area contributed by atoms with E-state index in [2.05, 4.69) is 21.9 Å². The number of nitrogens with zero attached hydrogens (tertiary/aromatic N) is 1. The molecular formula is C17H23N3O2. The van der Waals surface area contributed by atoms with E-state index in [1.807, 2.05) is 12.1 Å². The van der Waals surface area contributed by atoms with Crippen molar-refractivity contribution in [1.29, 1.82) is 0 Å². The molecule has 1 aromatic carbocycles. The average Bonchev–Trinajstić information content (AvgIpc) is 2.53. The van der Waals surface area contributed by atoms with Gasteiger partial charge in [0.25, 0.3) is 0 Å². The van der Waals surface area contributed by atoms with E-state index in [4.69, 9.17) is 0 Å². The maximum absolute atomic E-state index is 12.1. The Labute approximate surface area is 131 Å². The lowest BCUT2D eigenvalue weighted by Crippen LogP contribution is -2.21. The van der Waals surface area contributed by atoms with Gasteiger partial charge in [0.2, 0.25) is 11.8 Å². The molecule has 118 valence electrons. The van der Waals surface area contributed by atoms with Crippen LogP contribution < -0.4 is 10.7 Å². The topological polar surface area (TPSA) is 70.6 Å². The molecule has 2 N–H and O–H groups in total. The van der Waals surface area contributed by atoms with E-state index < -0.39 is 0 Å². The number of amides is 2. The van der Waals surface area contributed by atoms with E-state index >= 15 is 0 Å². The van der Waals surface area contributed by atoms with E-state index in [1.54, 1.807) is 13.8 Å². The molecule has 22 heavy (non-hydrogen) atoms. The second-order valence-corrected chi connectivity index (χ2v) is 5.61. The predicted octanol–water partition coefficient (Wildman–Crippen LogP) is 2.80. The highest BCUT2D eigenvalue weighted by Gasteiger charge is 2.14. The van der Waals surface area contributed by atoms with Crippen molar-refractivity contribution in [3.05, 3.63) is 29.3 Å². The second kappa shape index (κ2) is 7.73. The fourth-order valence-corrected chi connectivity index (χ4v) is 2.60. The van der Waals surface area contributed by atoms with Gasteiger partial charge in [0.15, 0.2) is 0 Å². The molecule has 0 aliphatic heterocycles. The Hall–Kier alpha value is -2.17. The smallest absolute Gasteiger partial charge is 0.239 e. The molecule has 0 fully saturated rings. The van der Waals surface area contributed by atoms with Gasteiger partial charge in [0.1, 0.15) is 0 Å². The molecule has 0 heterocycles. The van der Waals surface area contributed by atoms with Gasteiger partial charge < -0.3 is 5.32 Å². The van der Waals surface area contributed by atoms with Gasteiger partial charge in [-0.3, -0.25) is 9.59 Å². The molecule has 0 saturated carbocycles. The van der Waals surface area contributed by atoms with Gasteiger partial charge in [-0.05, 0) is 49.8 Å². The monoisotopic (exact) mass is 301 g/mol. The first kappa shape index (κ1) is 16.2. The van der Waals surface area contributed by atoms with Crippen molar-refractivity contribution >= 4 is 23.2 Å². The number of carbonyl (C=O) groups excluding carboxylic acids is 2. The first-order valence-corrected chi connectivity index (χ1v) is 7.82. The third-order valence-corrected chi connectivity index (χ3v) is 3.78. The van der Waals surface area contributed by atoms with Gasteiger partial charge in [-0.1, -0.05) is 19.1 Å². The van der Waals surface area contributed by atoms with Crippen molar-refractivity contribution in [2.24, 2.45) is 5.10 Å². The fraction of sp³-hybridized carbons (Fsp3) is 0.471. The van der Waals surface area contributed by atoms with Crippen molar-refractivity contribution in [2.75, 3.05) is 5.32 Å². The SMILES string of the molecule is CCC(=O)N/N=C(\C)CC(=O)Nc1cccc2c1CCCC2. The minimum atomic E-state index is -0.156. The molecule has 0 unspecified atom stereocenters. The summed E-state index contributed by atoms with van der Waals surface area (Å²) in [6.07, 6.45) is 5.04. The van der Waals surface area contributed by atoms with Crippen LogP contribution in [0.3, 0.4) is 0 Å². The molecule has 1 aliphatic carbocycles. The minimum absolute atomic E-state index is 0.106. The van der Waals surface area contributed by atoms with Crippen molar-refractivity contribution < 1.29 is 9.59 Å². The van der Waals surface area contributed by atoms with Gasteiger partial charge in [0.05, 0.1) is 6.42 Å². The highest BCUT2D eigenvalue weighted by atomic mass is 16.2. The summed E-state index contributed by atoms with van der Waals surface area (Å²) in [5.41, 5.74) is 6.52. The van der Waals surface area contributed by atoms with Gasteiger partial charge in [-0.15, -0.1) is 0 Å². The Morgan fingerprint density at radius 3 is 2.73 bits per heavy atom. The molecule has 0 bridgehead atoms. The quantitative estimate of drug-likeness (QED) is 0.648. The first-order chi connectivity index (χ1) is 10.6. The number of benzene rings is 1. The third kappa shape index (κ3) is 4.41. The molecule has 2 amide bonds. The molecule has 0 spiro atoms. The van der Waals surface area contributed by atoms with E-state index in [-0.39, 0.29) is 18.2 Å². The second-order valence-electron chi connectivity index (χ2n) is 5.61. The van der Waals surface area contributed by atoms with Crippen LogP contribution in [0.25, 0.3) is 0 Å². The first-order valence-electron chi connectivity index (χ1n) is 7.82. The summed E-state index contributed by atoms with van der Waals surface area (Å²) in [6.45, 7) is 3.49. The lowest BCUT2D eigenvalue weighted by atomic mass is 9.90. The Morgan fingerprint density at radius 1 is 1.18 bits per heavy atom. The maximum Gasteiger partial charge on any atom is 0.239 e. The van der Waals surface area contributed by atoms with Gasteiger partial charge in [-0.2, -0.15) is 5.10 Å². The van der Waals surface area contributed by atoms with Crippen LogP contribution in [0.5, 0.6) is 0 Å². The highest BCUT2D eigenvalue weighted by Crippen LogP contribution is 2.27. The molecule has 0 radical (unpaired) electrons. The largest absolute Gasteiger partial charge is 0.325 e. The Kier molecular flexibility index (Phi) is 5.69. The summed E-state index contributed by atoms with van der Waals surface area (Å²) in [6, 6.07) is 6.08. The summed E-state index contributed by atoms with van der Waals surface area (Å²) in [5.74, 6) is -0.261. The molecular weight excluding hydrogens is 278 g/mol. The van der Waals surface area contributed by atoms with Crippen LogP contribution in [0.15, 0.2) is 23.3 Å². The van der Waals surface area contributed by atoms with Crippen LogP contribution in [0, 0.1) is 0 Å². The Morgan fingerprint density at radius 2 is 1.95 bits per heavy atom. The summed E-state index contributed by atoms with van der Waals surface area (Å²) < 4.78 is 0. The van der Waals surface area contributed by atoms with Crippen LogP contribution in [-0.4, -0.2) is 17.5 Å². The number of hydrogen-bond donors (Lipinski definition) is 2. The maximum atomic E-state index is 12.1. The highest BCUT2D eigenvalue weighted by molar-refractivity contribution is 6.06. The van der Waals surface area contributed by atoms with Crippen LogP contribution in [0.4, 0.5) is 5.69 Å². The molecule has 2 rings (SSSR count). The number of rotatable bonds is 5. The van der Waals surface area contributed by atoms with Crippen LogP contribution >= 0.6 is 0 Å². The van der Waals surface area contributed by atoms with E-state index in [0.29, 0.717) is 12.1 Å². The molecule has 0 atom stereocenters. The van der Waals surface area contributed by atoms with Gasteiger partial charge >= 0.3 is 0 Å². The molecule has 1 aliphatic rings. The zero-order valence-corrected chi connectivity index (χ0v) is 13.2. The Balaban J connectivity index is 1.96. The van der Waals surface area contributed by atoms with Gasteiger partial charge in [-0.25, -0.2) is 5.43 Å². The third-order valence-electron chi connectivity index (χ3n) is 3.78. The lowest BCUT2D eigenvalue weighted by molar-refractivity contribution is -0.121. The number of hydrazone groups is 1. The Bertz CT molecular complexity index is 594. The van der Waals surface area contributed by atoms with Crippen LogP contribution in [0.2, 0.25) is 0 Å². The number of anilines is 1. The van der Waals surface area contributed by atoms with Crippen molar-refractivity contribution in [3.63, 3.8) is 0 Å². The lowest BCUT2D eigenvalue weighted by Gasteiger charge is -2.19.